The van der Waals surface area contributed by atoms with Crippen LogP contribution < -0.4 is 0 Å². The topological polar surface area (TPSA) is 27.0 Å². The van der Waals surface area contributed by atoms with E-state index in [-0.39, 0.29) is 11.1 Å². The lowest BCUT2D eigenvalue weighted by molar-refractivity contribution is -0.137. The first-order chi connectivity index (χ1) is 7.84. The van der Waals surface area contributed by atoms with Gasteiger partial charge in [0.05, 0.1) is 17.2 Å². The fourth-order valence-corrected chi connectivity index (χ4v) is 1.25. The van der Waals surface area contributed by atoms with Crippen LogP contribution in [0.1, 0.15) is 16.7 Å². The first-order valence-corrected chi connectivity index (χ1v) is 4.80. The summed E-state index contributed by atoms with van der Waals surface area (Å²) in [6.07, 6.45) is -1.57. The zero-order chi connectivity index (χ0) is 13.1. The minimum absolute atomic E-state index is 0.000622. The molecule has 0 atom stereocenters. The van der Waals surface area contributed by atoms with Gasteiger partial charge >= 0.3 is 6.18 Å². The van der Waals surface area contributed by atoms with Crippen LogP contribution in [0.3, 0.4) is 0 Å². The number of halogens is 3. The van der Waals surface area contributed by atoms with Crippen molar-refractivity contribution < 1.29 is 13.2 Å². The van der Waals surface area contributed by atoms with Crippen molar-refractivity contribution in [1.82, 2.24) is 4.90 Å². The molecule has 0 aliphatic rings. The van der Waals surface area contributed by atoms with Gasteiger partial charge in [0.25, 0.3) is 0 Å². The highest BCUT2D eigenvalue weighted by atomic mass is 19.4. The fourth-order valence-electron chi connectivity index (χ4n) is 1.25. The Kier molecular flexibility index (Phi) is 3.79. The van der Waals surface area contributed by atoms with Crippen molar-refractivity contribution >= 4 is 6.08 Å². The molecule has 17 heavy (non-hydrogen) atoms. The van der Waals surface area contributed by atoms with Crippen molar-refractivity contribution in [3.05, 3.63) is 41.1 Å². The second kappa shape index (κ2) is 4.91. The summed E-state index contributed by atoms with van der Waals surface area (Å²) in [5, 5.41) is 8.59. The zero-order valence-corrected chi connectivity index (χ0v) is 9.42. The Morgan fingerprint density at radius 1 is 1.29 bits per heavy atom. The molecule has 0 saturated carbocycles. The predicted octanol–water partition coefficient (Wildman–Crippen LogP) is 3.11. The van der Waals surface area contributed by atoms with E-state index in [0.717, 1.165) is 6.07 Å². The summed E-state index contributed by atoms with van der Waals surface area (Å²) in [5.74, 6) is 0. The lowest BCUT2D eigenvalue weighted by Gasteiger charge is -2.11. The van der Waals surface area contributed by atoms with Gasteiger partial charge in [0, 0.05) is 14.1 Å². The first kappa shape index (κ1) is 13.1. The second-order valence-electron chi connectivity index (χ2n) is 3.69. The van der Waals surface area contributed by atoms with E-state index < -0.39 is 11.7 Å². The van der Waals surface area contributed by atoms with E-state index in [0.29, 0.717) is 0 Å². The molecule has 1 aromatic rings. The van der Waals surface area contributed by atoms with Crippen LogP contribution in [-0.2, 0) is 6.18 Å². The van der Waals surface area contributed by atoms with E-state index in [9.17, 15) is 13.2 Å². The number of rotatable bonds is 2. The van der Waals surface area contributed by atoms with Crippen LogP contribution in [0.4, 0.5) is 13.2 Å². The molecule has 0 fully saturated rings. The number of benzene rings is 1. The molecule has 0 saturated heterocycles. The largest absolute Gasteiger partial charge is 0.417 e. The second-order valence-corrected chi connectivity index (χ2v) is 3.69. The van der Waals surface area contributed by atoms with Crippen LogP contribution in [0, 0.1) is 11.3 Å². The van der Waals surface area contributed by atoms with Crippen molar-refractivity contribution in [2.24, 2.45) is 0 Å². The van der Waals surface area contributed by atoms with E-state index in [4.69, 9.17) is 5.26 Å². The molecule has 1 aromatic carbocycles. The van der Waals surface area contributed by atoms with Crippen molar-refractivity contribution in [1.29, 1.82) is 5.26 Å². The maximum Gasteiger partial charge on any atom is 0.417 e. The first-order valence-electron chi connectivity index (χ1n) is 4.80. The van der Waals surface area contributed by atoms with Gasteiger partial charge in [0.1, 0.15) is 0 Å². The van der Waals surface area contributed by atoms with E-state index in [1.165, 1.54) is 24.4 Å². The van der Waals surface area contributed by atoms with E-state index in [1.807, 2.05) is 0 Å². The molecule has 0 aliphatic carbocycles. The molecule has 0 N–H and O–H groups in total. The average Bonchev–Trinajstić information content (AvgIpc) is 2.24. The summed E-state index contributed by atoms with van der Waals surface area (Å²) < 4.78 is 38.2. The summed E-state index contributed by atoms with van der Waals surface area (Å²) >= 11 is 0. The summed E-state index contributed by atoms with van der Waals surface area (Å²) in [6.45, 7) is 0. The molecule has 1 rings (SSSR count). The molecule has 0 radical (unpaired) electrons. The van der Waals surface area contributed by atoms with E-state index in [2.05, 4.69) is 0 Å². The Morgan fingerprint density at radius 2 is 1.94 bits per heavy atom. The van der Waals surface area contributed by atoms with Crippen molar-refractivity contribution in [3.63, 3.8) is 0 Å². The molecular formula is C12H11F3N2. The van der Waals surface area contributed by atoms with Crippen LogP contribution in [0.15, 0.2) is 24.4 Å². The molecule has 90 valence electrons. The maximum atomic E-state index is 12.7. The van der Waals surface area contributed by atoms with Gasteiger partial charge in [-0.25, -0.2) is 0 Å². The van der Waals surface area contributed by atoms with Crippen LogP contribution in [0.2, 0.25) is 0 Å². The number of nitrogens with zero attached hydrogens (tertiary/aromatic N) is 2. The van der Waals surface area contributed by atoms with Crippen LogP contribution in [0.5, 0.6) is 0 Å². The van der Waals surface area contributed by atoms with Crippen LogP contribution in [-0.4, -0.2) is 19.0 Å². The zero-order valence-electron chi connectivity index (χ0n) is 9.42. The Morgan fingerprint density at radius 3 is 2.41 bits per heavy atom. The Balaban J connectivity index is 3.27. The van der Waals surface area contributed by atoms with Gasteiger partial charge in [-0.15, -0.1) is 0 Å². The number of alkyl halides is 3. The lowest BCUT2D eigenvalue weighted by Crippen LogP contribution is -2.08. The third kappa shape index (κ3) is 3.52. The summed E-state index contributed by atoms with van der Waals surface area (Å²) in [7, 11) is 3.43. The van der Waals surface area contributed by atoms with Crippen LogP contribution in [0.25, 0.3) is 6.08 Å². The fraction of sp³-hybridized carbons (Fsp3) is 0.250. The van der Waals surface area contributed by atoms with Gasteiger partial charge in [0.15, 0.2) is 0 Å². The smallest absolute Gasteiger partial charge is 0.383 e. The molecule has 2 nitrogen and oxygen atoms in total. The standard InChI is InChI=1S/C12H11F3N2/c1-17(2)6-5-10-4-3-9(8-16)7-11(10)12(13,14)15/h3-7H,1-2H3. The Bertz CT molecular complexity index is 468. The normalized spacial score (nSPS) is 11.5. The molecular weight excluding hydrogens is 229 g/mol. The quantitative estimate of drug-likeness (QED) is 0.794. The van der Waals surface area contributed by atoms with Gasteiger partial charge in [-0.2, -0.15) is 18.4 Å². The molecule has 0 aromatic heterocycles. The highest BCUT2D eigenvalue weighted by Crippen LogP contribution is 2.33. The average molecular weight is 240 g/mol. The van der Waals surface area contributed by atoms with Gasteiger partial charge in [-0.3, -0.25) is 0 Å². The highest BCUT2D eigenvalue weighted by molar-refractivity contribution is 5.56. The number of hydrogen-bond donors (Lipinski definition) is 0. The molecule has 0 heterocycles. The van der Waals surface area contributed by atoms with Crippen molar-refractivity contribution in [2.75, 3.05) is 14.1 Å². The monoisotopic (exact) mass is 240 g/mol. The van der Waals surface area contributed by atoms with Crippen LogP contribution >= 0.6 is 0 Å². The Labute approximate surface area is 97.6 Å². The highest BCUT2D eigenvalue weighted by Gasteiger charge is 2.33. The van der Waals surface area contributed by atoms with E-state index >= 15 is 0 Å². The third-order valence-electron chi connectivity index (χ3n) is 2.04. The van der Waals surface area contributed by atoms with Crippen molar-refractivity contribution in [3.8, 4) is 6.07 Å². The van der Waals surface area contributed by atoms with Gasteiger partial charge in [-0.1, -0.05) is 6.07 Å². The SMILES string of the molecule is CN(C)C=Cc1ccc(C#N)cc1C(F)(F)F. The molecule has 0 aliphatic heterocycles. The molecule has 0 spiro atoms. The summed E-state index contributed by atoms with van der Waals surface area (Å²) in [6, 6.07) is 5.21. The van der Waals surface area contributed by atoms with E-state index in [1.54, 1.807) is 25.1 Å². The Hall–Kier alpha value is -1.96. The molecule has 5 heteroatoms. The van der Waals surface area contributed by atoms with Crippen molar-refractivity contribution in [2.45, 2.75) is 6.18 Å². The predicted molar refractivity (Wildman–Crippen MR) is 58.9 cm³/mol. The summed E-state index contributed by atoms with van der Waals surface area (Å²) in [5.41, 5.74) is -0.751. The molecule has 0 bridgehead atoms. The lowest BCUT2D eigenvalue weighted by atomic mass is 10.0. The molecule has 0 amide bonds. The minimum Gasteiger partial charge on any atom is -0.383 e. The van der Waals surface area contributed by atoms with Gasteiger partial charge in [-0.05, 0) is 30.0 Å². The van der Waals surface area contributed by atoms with Gasteiger partial charge in [0.2, 0.25) is 0 Å². The molecule has 0 unspecified atom stereocenters. The third-order valence-corrected chi connectivity index (χ3v) is 2.04. The number of nitriles is 1. The summed E-state index contributed by atoms with van der Waals surface area (Å²) in [4.78, 5) is 1.64. The van der Waals surface area contributed by atoms with Gasteiger partial charge < -0.3 is 4.90 Å². The maximum absolute atomic E-state index is 12.7. The number of hydrogen-bond acceptors (Lipinski definition) is 2. The minimum atomic E-state index is -4.46.